The molecule has 14 rings (SSSR count). The standard InChI is InChI=1S/C69H81N3O9S/c1-43-15-16-49-36-57-26-28-59(49)61(43)39-63(82(77,78)79)62-38-52-34-51(37-58-33-45(42-73)12-8-13-48-35-56(74)25-27-60(48)65(52)80-58)64(62)47-19-23-54(24-20-47)69(81-57,72-66(70)71)41-55(32-44-10-4-2-5-11-44)68(76)31-9-14-50(40-68)46-17-21-53(22-18-46)67(75)29-6-3-7-30-67/h2,4-5,10-11,17-28,35-36,38,43,45,50-51,55,58,61-65,73-76H,3,6-7,9,12,14-16,29-34,37,39-42H2,1H3,(H4,70,71,72)(H,77,78,79)/t43-,45+,50-,51-,55+,58-,61+,62-,63-,64+,65-,68-,69-/m1/s1. The molecule has 0 unspecified atom stereocenters. The predicted molar refractivity (Wildman–Crippen MR) is 318 cm³/mol. The Morgan fingerprint density at radius 1 is 0.829 bits per heavy atom. The molecule has 9 N–H and O–H groups in total. The van der Waals surface area contributed by atoms with Crippen molar-refractivity contribution in [3.05, 3.63) is 177 Å². The van der Waals surface area contributed by atoms with Crippen molar-refractivity contribution in [1.29, 1.82) is 0 Å². The number of nitrogens with two attached hydrogens (primary N) is 2. The van der Waals surface area contributed by atoms with Crippen molar-refractivity contribution in [3.8, 4) is 23.3 Å². The molecule has 0 radical (unpaired) electrons. The molecule has 5 heterocycles. The highest BCUT2D eigenvalue weighted by atomic mass is 32.2. The Hall–Kier alpha value is -5.98. The quantitative estimate of drug-likeness (QED) is 0.0229. The summed E-state index contributed by atoms with van der Waals surface area (Å²) in [5.74, 6) is 5.07. The SMILES string of the molecule is C[C@@H]1CCc2cc3ccc2[C@H]1C[C@@H](S(=O)(=O)O)[C@H]1C=C2C[C@H](C[C@H]4C[C@@H](CO)CC#Cc5cc(O)ccc5[C@@H]2O4)[C@@H]1c1ccc(cc1)[C@](C[C@H](Cc1ccccc1)[C@@]1(O)CCC[C@@H](c2ccc(C4(O)CCCCC4)cc2)C1)(N=C(N)N)O3. The minimum Gasteiger partial charge on any atom is -0.508 e. The number of rotatable bonds is 10. The number of aliphatic hydroxyl groups excluding tert-OH is 1. The van der Waals surface area contributed by atoms with E-state index < -0.39 is 56.2 Å². The van der Waals surface area contributed by atoms with E-state index in [-0.39, 0.29) is 66.9 Å². The largest absolute Gasteiger partial charge is 0.508 e. The van der Waals surface area contributed by atoms with Crippen LogP contribution in [0.25, 0.3) is 0 Å². The second-order valence-electron chi connectivity index (χ2n) is 25.8. The average Bonchev–Trinajstić information content (AvgIpc) is 3.77. The number of aliphatic hydroxyl groups is 3. The first-order valence-corrected chi connectivity index (χ1v) is 31.8. The number of phenols is 1. The average molecular weight is 1130 g/mol. The van der Waals surface area contributed by atoms with Crippen LogP contribution in [0.2, 0.25) is 0 Å². The number of aryl methyl sites for hydroxylation is 1. The number of phenolic OH excluding ortho intramolecular Hbond substituents is 1. The summed E-state index contributed by atoms with van der Waals surface area (Å²) in [7, 11) is -4.70. The Balaban J connectivity index is 0.996. The lowest BCUT2D eigenvalue weighted by atomic mass is 9.64. The summed E-state index contributed by atoms with van der Waals surface area (Å²) in [6.45, 7) is 2.10. The molecule has 9 aliphatic rings. The molecule has 0 amide bonds. The van der Waals surface area contributed by atoms with Crippen molar-refractivity contribution >= 4 is 16.1 Å². The molecule has 5 aliphatic heterocycles. The molecule has 10 bridgehead atoms. The molecule has 0 aromatic heterocycles. The highest BCUT2D eigenvalue weighted by Gasteiger charge is 2.51. The van der Waals surface area contributed by atoms with Crippen LogP contribution in [-0.4, -0.2) is 62.9 Å². The van der Waals surface area contributed by atoms with E-state index in [2.05, 4.69) is 85.5 Å². The molecule has 2 saturated carbocycles. The molecule has 1 saturated heterocycles. The molecular weight excluding hydrogens is 1050 g/mol. The van der Waals surface area contributed by atoms with Gasteiger partial charge in [-0.2, -0.15) is 8.42 Å². The number of aromatic hydroxyl groups is 1. The van der Waals surface area contributed by atoms with Crippen LogP contribution in [0, 0.1) is 41.4 Å². The molecule has 3 fully saturated rings. The molecule has 0 spiro atoms. The van der Waals surface area contributed by atoms with E-state index in [1.54, 1.807) is 12.1 Å². The van der Waals surface area contributed by atoms with Gasteiger partial charge in [0.1, 0.15) is 17.6 Å². The van der Waals surface area contributed by atoms with Gasteiger partial charge in [-0.1, -0.05) is 135 Å². The van der Waals surface area contributed by atoms with Crippen LogP contribution in [0.4, 0.5) is 0 Å². The van der Waals surface area contributed by atoms with Crippen LogP contribution in [0.5, 0.6) is 11.5 Å². The summed E-state index contributed by atoms with van der Waals surface area (Å²) in [5, 5.41) is 45.5. The lowest BCUT2D eigenvalue weighted by Gasteiger charge is -2.46. The van der Waals surface area contributed by atoms with Crippen molar-refractivity contribution < 1.29 is 42.9 Å². The molecule has 5 aromatic rings. The van der Waals surface area contributed by atoms with Gasteiger partial charge in [0.25, 0.3) is 10.1 Å². The van der Waals surface area contributed by atoms with Gasteiger partial charge < -0.3 is 41.4 Å². The second kappa shape index (κ2) is 22.9. The summed E-state index contributed by atoms with van der Waals surface area (Å²) < 4.78 is 55.4. The zero-order chi connectivity index (χ0) is 57.0. The van der Waals surface area contributed by atoms with Gasteiger partial charge in [0.15, 0.2) is 5.96 Å². The lowest BCUT2D eigenvalue weighted by molar-refractivity contribution is -0.0834. The van der Waals surface area contributed by atoms with Crippen molar-refractivity contribution in [2.24, 2.45) is 46.0 Å². The first kappa shape index (κ1) is 56.5. The monoisotopic (exact) mass is 1130 g/mol. The van der Waals surface area contributed by atoms with Crippen molar-refractivity contribution in [1.82, 2.24) is 0 Å². The summed E-state index contributed by atoms with van der Waals surface area (Å²) >= 11 is 0. The molecule has 82 heavy (non-hydrogen) atoms. The maximum atomic E-state index is 14.5. The van der Waals surface area contributed by atoms with E-state index in [1.807, 2.05) is 42.5 Å². The Labute approximate surface area is 484 Å². The number of allylic oxidation sites excluding steroid dienone is 1. The van der Waals surface area contributed by atoms with Crippen LogP contribution in [-0.2, 0) is 39.0 Å². The van der Waals surface area contributed by atoms with Gasteiger partial charge in [0.2, 0.25) is 5.72 Å². The van der Waals surface area contributed by atoms with E-state index in [0.717, 1.165) is 102 Å². The number of hydrogen-bond donors (Lipinski definition) is 7. The normalized spacial score (nSPS) is 31.6. The lowest BCUT2D eigenvalue weighted by Crippen LogP contribution is -2.48. The van der Waals surface area contributed by atoms with Crippen LogP contribution < -0.4 is 16.2 Å². The Morgan fingerprint density at radius 3 is 2.32 bits per heavy atom. The van der Waals surface area contributed by atoms with Crippen LogP contribution in [0.1, 0.15) is 184 Å². The number of ether oxygens (including phenoxy) is 2. The molecular formula is C69H81N3O9S. The maximum Gasteiger partial charge on any atom is 0.268 e. The number of benzene rings is 5. The van der Waals surface area contributed by atoms with Crippen LogP contribution >= 0.6 is 0 Å². The summed E-state index contributed by atoms with van der Waals surface area (Å²) in [4.78, 5) is 5.17. The Kier molecular flexibility index (Phi) is 15.8. The third-order valence-electron chi connectivity index (χ3n) is 20.5. The summed E-state index contributed by atoms with van der Waals surface area (Å²) in [6, 6.07) is 38.1. The van der Waals surface area contributed by atoms with Gasteiger partial charge in [-0.25, -0.2) is 4.99 Å². The number of hydrogen-bond acceptors (Lipinski definition) is 9. The summed E-state index contributed by atoms with van der Waals surface area (Å²) in [5.41, 5.74) is 18.7. The fraction of sp³-hybridized carbons (Fsp3) is 0.493. The van der Waals surface area contributed by atoms with E-state index in [0.29, 0.717) is 61.8 Å². The van der Waals surface area contributed by atoms with Crippen molar-refractivity contribution in [2.45, 2.75) is 175 Å². The highest BCUT2D eigenvalue weighted by Crippen LogP contribution is 2.56. The topological polar surface area (TPSA) is 218 Å². The van der Waals surface area contributed by atoms with E-state index in [1.165, 1.54) is 0 Å². The molecule has 13 atom stereocenters. The van der Waals surface area contributed by atoms with Gasteiger partial charge in [-0.05, 0) is 188 Å². The first-order valence-electron chi connectivity index (χ1n) is 30.3. The minimum atomic E-state index is -4.70. The van der Waals surface area contributed by atoms with Gasteiger partial charge in [-0.3, -0.25) is 4.55 Å². The molecule has 4 aliphatic carbocycles. The van der Waals surface area contributed by atoms with E-state index in [4.69, 9.17) is 25.9 Å². The second-order valence-corrected chi connectivity index (χ2v) is 27.4. The van der Waals surface area contributed by atoms with Crippen molar-refractivity contribution in [2.75, 3.05) is 6.61 Å². The smallest absolute Gasteiger partial charge is 0.268 e. The van der Waals surface area contributed by atoms with Gasteiger partial charge >= 0.3 is 0 Å². The molecule has 13 heteroatoms. The third-order valence-corrected chi connectivity index (χ3v) is 21.8. The first-order chi connectivity index (χ1) is 39.5. The van der Waals surface area contributed by atoms with E-state index in [9.17, 15) is 33.4 Å². The van der Waals surface area contributed by atoms with Gasteiger partial charge in [-0.15, -0.1) is 0 Å². The number of nitrogens with zero attached hydrogens (tertiary/aromatic N) is 1. The number of guanidine groups is 1. The molecule has 12 nitrogen and oxygen atoms in total. The van der Waals surface area contributed by atoms with Crippen LogP contribution in [0.15, 0.2) is 132 Å². The zero-order valence-electron chi connectivity index (χ0n) is 47.2. The van der Waals surface area contributed by atoms with Crippen molar-refractivity contribution in [3.63, 3.8) is 0 Å². The number of fused-ring (bicyclic) bond motifs is 9. The van der Waals surface area contributed by atoms with Gasteiger partial charge in [0, 0.05) is 42.1 Å². The Morgan fingerprint density at radius 2 is 1.57 bits per heavy atom. The third kappa shape index (κ3) is 11.4. The molecule has 5 aromatic carbocycles. The predicted octanol–water partition coefficient (Wildman–Crippen LogP) is 11.6. The molecule has 432 valence electrons. The fourth-order valence-electron chi connectivity index (χ4n) is 16.3. The maximum absolute atomic E-state index is 14.5. The fourth-order valence-corrected chi connectivity index (χ4v) is 17.4. The Bertz CT molecular complexity index is 3360. The van der Waals surface area contributed by atoms with E-state index >= 15 is 0 Å². The summed E-state index contributed by atoms with van der Waals surface area (Å²) in [6.07, 6.45) is 13.2. The van der Waals surface area contributed by atoms with Gasteiger partial charge in [0.05, 0.1) is 22.6 Å². The zero-order valence-corrected chi connectivity index (χ0v) is 48.0. The minimum absolute atomic E-state index is 0.0577. The highest BCUT2D eigenvalue weighted by molar-refractivity contribution is 7.86. The number of aliphatic imine (C=N–C) groups is 1. The van der Waals surface area contributed by atoms with Crippen LogP contribution in [0.3, 0.4) is 0 Å².